The predicted molar refractivity (Wildman–Crippen MR) is 159 cm³/mol. The summed E-state index contributed by atoms with van der Waals surface area (Å²) in [5.74, 6) is -0.149. The summed E-state index contributed by atoms with van der Waals surface area (Å²) in [4.78, 5) is 22.6. The van der Waals surface area contributed by atoms with Crippen molar-refractivity contribution in [3.8, 4) is 5.75 Å². The van der Waals surface area contributed by atoms with Crippen molar-refractivity contribution in [3.05, 3.63) is 87.7 Å². The highest BCUT2D eigenvalue weighted by atomic mass is 35.5. The summed E-state index contributed by atoms with van der Waals surface area (Å²) >= 11 is 6.02. The van der Waals surface area contributed by atoms with Gasteiger partial charge in [-0.1, -0.05) is 23.7 Å². The molecule has 1 fully saturated rings. The van der Waals surface area contributed by atoms with Crippen LogP contribution in [-0.4, -0.2) is 79.9 Å². The third-order valence-electron chi connectivity index (χ3n) is 7.51. The number of benzene rings is 2. The number of nitrogens with zero attached hydrogens (tertiary/aromatic N) is 4. The fourth-order valence-electron chi connectivity index (χ4n) is 5.47. The van der Waals surface area contributed by atoms with Crippen LogP contribution >= 0.6 is 11.6 Å². The number of aryl methyl sites for hydroxylation is 2. The number of fused-ring (bicyclic) bond motifs is 1. The molecule has 3 aromatic rings. The minimum absolute atomic E-state index is 0.00479. The maximum atomic E-state index is 13.9. The summed E-state index contributed by atoms with van der Waals surface area (Å²) in [7, 11) is -2.54. The van der Waals surface area contributed by atoms with Crippen LogP contribution in [0.1, 0.15) is 33.6 Å². The van der Waals surface area contributed by atoms with Crippen molar-refractivity contribution >= 4 is 38.9 Å². The Hall–Kier alpha value is -3.60. The van der Waals surface area contributed by atoms with Gasteiger partial charge in [0, 0.05) is 55.5 Å². The summed E-state index contributed by atoms with van der Waals surface area (Å²) in [6, 6.07) is 15.9. The molecule has 0 bridgehead atoms. The molecule has 9 nitrogen and oxygen atoms in total. The second-order valence-electron chi connectivity index (χ2n) is 10.2. The Balaban J connectivity index is 1.38. The normalized spacial score (nSPS) is 18.3. The molecule has 216 valence electrons. The average Bonchev–Trinajstić information content (AvgIpc) is 2.96. The Morgan fingerprint density at radius 3 is 2.39 bits per heavy atom. The zero-order valence-electron chi connectivity index (χ0n) is 23.3. The quantitative estimate of drug-likeness (QED) is 0.310. The summed E-state index contributed by atoms with van der Waals surface area (Å²) < 4.78 is 34.4. The van der Waals surface area contributed by atoms with E-state index in [1.165, 1.54) is 0 Å². The van der Waals surface area contributed by atoms with Gasteiger partial charge in [-0.15, -0.1) is 0 Å². The van der Waals surface area contributed by atoms with Gasteiger partial charge in [-0.3, -0.25) is 14.0 Å². The van der Waals surface area contributed by atoms with E-state index in [1.54, 1.807) is 51.3 Å². The summed E-state index contributed by atoms with van der Waals surface area (Å²) in [5.41, 5.74) is 2.07. The van der Waals surface area contributed by atoms with Crippen LogP contribution in [-0.2, 0) is 10.0 Å². The number of hydrogen-bond acceptors (Lipinski definition) is 8. The van der Waals surface area contributed by atoms with E-state index >= 15 is 0 Å². The number of aliphatic hydroxyl groups is 1. The van der Waals surface area contributed by atoms with E-state index in [-0.39, 0.29) is 22.8 Å². The van der Waals surface area contributed by atoms with E-state index in [2.05, 4.69) is 14.8 Å². The largest absolute Gasteiger partial charge is 0.505 e. The van der Waals surface area contributed by atoms with Crippen molar-refractivity contribution in [3.63, 3.8) is 0 Å². The predicted octanol–water partition coefficient (Wildman–Crippen LogP) is 4.69. The molecular weight excluding hydrogens is 564 g/mol. The van der Waals surface area contributed by atoms with Crippen LogP contribution in [0, 0.1) is 13.8 Å². The van der Waals surface area contributed by atoms with Gasteiger partial charge in [0.05, 0.1) is 18.4 Å². The van der Waals surface area contributed by atoms with Crippen molar-refractivity contribution in [2.75, 3.05) is 51.3 Å². The highest BCUT2D eigenvalue weighted by Crippen LogP contribution is 2.36. The molecule has 0 amide bonds. The molecule has 0 unspecified atom stereocenters. The third-order valence-corrected chi connectivity index (χ3v) is 9.49. The van der Waals surface area contributed by atoms with Crippen LogP contribution in [0.25, 0.3) is 5.76 Å². The number of ether oxygens (including phenoxy) is 1. The average molecular weight is 597 g/mol. The maximum absolute atomic E-state index is 13.9. The molecule has 0 radical (unpaired) electrons. The van der Waals surface area contributed by atoms with E-state index in [0.717, 1.165) is 41.9 Å². The zero-order valence-corrected chi connectivity index (χ0v) is 24.9. The van der Waals surface area contributed by atoms with E-state index in [1.807, 2.05) is 24.3 Å². The molecule has 3 heterocycles. The number of halogens is 1. The van der Waals surface area contributed by atoms with Gasteiger partial charge in [0.1, 0.15) is 11.4 Å². The fourth-order valence-corrected chi connectivity index (χ4v) is 7.35. The number of rotatable bonds is 7. The molecule has 1 aromatic heterocycles. The first-order valence-electron chi connectivity index (χ1n) is 13.5. The van der Waals surface area contributed by atoms with Gasteiger partial charge >= 0.3 is 0 Å². The summed E-state index contributed by atoms with van der Waals surface area (Å²) in [6.07, 6.45) is 0.457. The Kier molecular flexibility index (Phi) is 8.26. The fraction of sp³-hybridized carbons (Fsp3) is 0.333. The lowest BCUT2D eigenvalue weighted by Crippen LogP contribution is -2.47. The van der Waals surface area contributed by atoms with Crippen molar-refractivity contribution < 1.29 is 23.1 Å². The first-order chi connectivity index (χ1) is 19.6. The number of Topliss-reactive ketones (excluding diaryl/α,β-unsaturated/α-hetero) is 1. The number of hydrogen-bond donors (Lipinski definition) is 1. The summed E-state index contributed by atoms with van der Waals surface area (Å²) in [6.45, 7) is 7.22. The van der Waals surface area contributed by atoms with Crippen LogP contribution in [0.2, 0.25) is 5.02 Å². The monoisotopic (exact) mass is 596 g/mol. The second-order valence-corrected chi connectivity index (χ2v) is 12.4. The van der Waals surface area contributed by atoms with Crippen molar-refractivity contribution in [1.29, 1.82) is 0 Å². The van der Waals surface area contributed by atoms with E-state index < -0.39 is 21.6 Å². The molecule has 11 heteroatoms. The van der Waals surface area contributed by atoms with Crippen LogP contribution < -0.4 is 9.64 Å². The van der Waals surface area contributed by atoms with Crippen molar-refractivity contribution in [2.24, 2.45) is 0 Å². The van der Waals surface area contributed by atoms with E-state index in [0.29, 0.717) is 34.8 Å². The number of aliphatic hydroxyl groups excluding tert-OH is 1. The van der Waals surface area contributed by atoms with Gasteiger partial charge in [-0.2, -0.15) is 8.42 Å². The third kappa shape index (κ3) is 5.64. The van der Waals surface area contributed by atoms with Gasteiger partial charge in [-0.05, 0) is 68.3 Å². The van der Waals surface area contributed by atoms with Crippen LogP contribution in [0.4, 0.5) is 5.69 Å². The van der Waals surface area contributed by atoms with Gasteiger partial charge in [0.15, 0.2) is 10.8 Å². The Labute approximate surface area is 245 Å². The van der Waals surface area contributed by atoms with Crippen molar-refractivity contribution in [2.45, 2.75) is 25.3 Å². The smallest absolute Gasteiger partial charge is 0.282 e. The Morgan fingerprint density at radius 1 is 1.02 bits per heavy atom. The number of aromatic nitrogens is 1. The number of sulfonamides is 1. The number of ketones is 1. The maximum Gasteiger partial charge on any atom is 0.282 e. The molecule has 0 aliphatic carbocycles. The van der Waals surface area contributed by atoms with E-state index in [4.69, 9.17) is 16.3 Å². The second kappa shape index (κ2) is 11.7. The Bertz CT molecular complexity index is 1600. The van der Waals surface area contributed by atoms with Crippen molar-refractivity contribution in [1.82, 2.24) is 14.2 Å². The number of pyridine rings is 1. The number of methoxy groups -OCH3 is 1. The number of para-hydroxylation sites is 2. The molecule has 2 aliphatic heterocycles. The molecule has 0 atom stereocenters. The van der Waals surface area contributed by atoms with Crippen LogP contribution in [0.5, 0.6) is 5.75 Å². The molecule has 5 rings (SSSR count). The lowest BCUT2D eigenvalue weighted by atomic mass is 10.0. The standard InChI is InChI=1S/C30H33ClN4O5S/c1-20-19-21(2)32-30-26(20)29(37)27(28(36)22-9-11-23(31)12-10-22)35(41(30,38)39)14-6-13-33-15-17-34(18-16-33)24-7-4-5-8-25(24)40-3/h4-5,7-12,19,36H,6,13-18H2,1-3H3/b28-27+. The number of anilines is 1. The first-order valence-corrected chi connectivity index (χ1v) is 15.3. The number of piperazine rings is 1. The van der Waals surface area contributed by atoms with Gasteiger partial charge in [0.2, 0.25) is 5.78 Å². The molecule has 1 N–H and O–H groups in total. The summed E-state index contributed by atoms with van der Waals surface area (Å²) in [5, 5.41) is 11.5. The van der Waals surface area contributed by atoms with Gasteiger partial charge in [0.25, 0.3) is 10.0 Å². The number of carbonyl (C=O) groups is 1. The van der Waals surface area contributed by atoms with Crippen LogP contribution in [0.15, 0.2) is 65.3 Å². The molecule has 0 saturated carbocycles. The SMILES string of the molecule is COc1ccccc1N1CCN(CCCN2/C(=C(/O)c3ccc(Cl)cc3)C(=O)c3c(C)cc(C)nc3S2(=O)=O)CC1. The topological polar surface area (TPSA) is 103 Å². The highest BCUT2D eigenvalue weighted by molar-refractivity contribution is 7.89. The first kappa shape index (κ1) is 28.9. The molecule has 0 spiro atoms. The number of carbonyl (C=O) groups excluding carboxylic acids is 1. The number of allylic oxidation sites excluding steroid dienone is 1. The van der Waals surface area contributed by atoms with E-state index in [9.17, 15) is 18.3 Å². The highest BCUT2D eigenvalue weighted by Gasteiger charge is 2.43. The molecule has 1 saturated heterocycles. The molecule has 2 aliphatic rings. The lowest BCUT2D eigenvalue weighted by Gasteiger charge is -2.37. The van der Waals surface area contributed by atoms with Crippen LogP contribution in [0.3, 0.4) is 0 Å². The Morgan fingerprint density at radius 2 is 1.71 bits per heavy atom. The zero-order chi connectivity index (χ0) is 29.3. The van der Waals surface area contributed by atoms with Gasteiger partial charge < -0.3 is 14.7 Å². The lowest BCUT2D eigenvalue weighted by molar-refractivity contribution is 0.0995. The molecule has 2 aromatic carbocycles. The minimum Gasteiger partial charge on any atom is -0.505 e. The molecule has 41 heavy (non-hydrogen) atoms. The van der Waals surface area contributed by atoms with Gasteiger partial charge in [-0.25, -0.2) is 4.98 Å². The molecular formula is C30H33ClN4O5S. The minimum atomic E-state index is -4.21.